The quantitative estimate of drug-likeness (QED) is 0.720. The van der Waals surface area contributed by atoms with Crippen LogP contribution < -0.4 is 15.1 Å². The molecule has 3 atom stereocenters. The first kappa shape index (κ1) is 22.4. The maximum absolute atomic E-state index is 13.4. The summed E-state index contributed by atoms with van der Waals surface area (Å²) in [5, 5.41) is 14.4. The van der Waals surface area contributed by atoms with Gasteiger partial charge in [0.1, 0.15) is 0 Å². The zero-order valence-corrected chi connectivity index (χ0v) is 20.0. The monoisotopic (exact) mass is 447 g/mol. The van der Waals surface area contributed by atoms with E-state index in [0.29, 0.717) is 12.1 Å². The van der Waals surface area contributed by atoms with Gasteiger partial charge >= 0.3 is 0 Å². The number of benzene rings is 2. The van der Waals surface area contributed by atoms with Crippen molar-refractivity contribution in [1.82, 2.24) is 5.32 Å². The molecule has 3 unspecified atom stereocenters. The molecule has 2 aromatic carbocycles. The summed E-state index contributed by atoms with van der Waals surface area (Å²) in [6.07, 6.45) is 5.50. The van der Waals surface area contributed by atoms with Gasteiger partial charge in [0.05, 0.1) is 5.60 Å². The summed E-state index contributed by atoms with van der Waals surface area (Å²) in [6.45, 7) is 7.23. The van der Waals surface area contributed by atoms with Gasteiger partial charge < -0.3 is 20.2 Å². The molecule has 33 heavy (non-hydrogen) atoms. The molecule has 176 valence electrons. The lowest BCUT2D eigenvalue weighted by Crippen LogP contribution is -2.54. The Morgan fingerprint density at radius 2 is 1.79 bits per heavy atom. The molecule has 2 aromatic rings. The summed E-state index contributed by atoms with van der Waals surface area (Å²) in [5.41, 5.74) is 3.81. The molecule has 3 aliphatic rings. The predicted molar refractivity (Wildman–Crippen MR) is 134 cm³/mol. The number of nitrogens with zero attached hydrogens (tertiary/aromatic N) is 2. The highest BCUT2D eigenvalue weighted by Gasteiger charge is 2.35. The van der Waals surface area contributed by atoms with Crippen molar-refractivity contribution < 1.29 is 9.90 Å². The summed E-state index contributed by atoms with van der Waals surface area (Å²) >= 11 is 0. The van der Waals surface area contributed by atoms with Crippen LogP contribution in [-0.2, 0) is 16.8 Å². The number of rotatable bonds is 5. The van der Waals surface area contributed by atoms with Gasteiger partial charge in [-0.1, -0.05) is 43.2 Å². The fourth-order valence-corrected chi connectivity index (χ4v) is 5.97. The zero-order chi connectivity index (χ0) is 23.0. The molecule has 0 aromatic heterocycles. The topological polar surface area (TPSA) is 55.8 Å². The van der Waals surface area contributed by atoms with Crippen LogP contribution in [0.5, 0.6) is 0 Å². The van der Waals surface area contributed by atoms with E-state index in [1.807, 2.05) is 29.2 Å². The highest BCUT2D eigenvalue weighted by Crippen LogP contribution is 2.39. The van der Waals surface area contributed by atoms with Gasteiger partial charge in [-0.05, 0) is 68.9 Å². The van der Waals surface area contributed by atoms with Gasteiger partial charge in [-0.2, -0.15) is 0 Å². The van der Waals surface area contributed by atoms with Crippen molar-refractivity contribution in [2.24, 2.45) is 5.92 Å². The number of hydrogen-bond acceptors (Lipinski definition) is 4. The van der Waals surface area contributed by atoms with Crippen molar-refractivity contribution in [2.75, 3.05) is 29.4 Å². The highest BCUT2D eigenvalue weighted by molar-refractivity contribution is 5.97. The fourth-order valence-electron chi connectivity index (χ4n) is 5.97. The SMILES string of the molecule is CC1CN(c2ccccc2CC2CCN(c3ccc(C4(O)CCCC4)cc3)C2=O)C(C)CN1. The number of anilines is 2. The highest BCUT2D eigenvalue weighted by atomic mass is 16.3. The molecule has 2 saturated heterocycles. The molecule has 2 N–H and O–H groups in total. The van der Waals surface area contributed by atoms with E-state index < -0.39 is 5.60 Å². The average Bonchev–Trinajstić information content (AvgIpc) is 3.43. The van der Waals surface area contributed by atoms with Crippen LogP contribution in [0.4, 0.5) is 11.4 Å². The van der Waals surface area contributed by atoms with E-state index in [9.17, 15) is 9.90 Å². The van der Waals surface area contributed by atoms with Crippen LogP contribution in [0.15, 0.2) is 48.5 Å². The first-order chi connectivity index (χ1) is 15.9. The summed E-state index contributed by atoms with van der Waals surface area (Å²) < 4.78 is 0. The minimum atomic E-state index is -0.682. The molecule has 1 amide bonds. The van der Waals surface area contributed by atoms with Crippen LogP contribution in [0.2, 0.25) is 0 Å². The Bertz CT molecular complexity index is 983. The van der Waals surface area contributed by atoms with E-state index >= 15 is 0 Å². The maximum Gasteiger partial charge on any atom is 0.230 e. The maximum atomic E-state index is 13.4. The van der Waals surface area contributed by atoms with E-state index in [2.05, 4.69) is 48.3 Å². The molecule has 0 radical (unpaired) electrons. The lowest BCUT2D eigenvalue weighted by molar-refractivity contribution is -0.120. The summed E-state index contributed by atoms with van der Waals surface area (Å²) in [5.74, 6) is 0.236. The van der Waals surface area contributed by atoms with Crippen LogP contribution in [-0.4, -0.2) is 42.7 Å². The van der Waals surface area contributed by atoms with E-state index in [4.69, 9.17) is 0 Å². The normalized spacial score (nSPS) is 27.4. The molecular formula is C28H37N3O2. The predicted octanol–water partition coefficient (Wildman–Crippen LogP) is 4.23. The van der Waals surface area contributed by atoms with Gasteiger partial charge in [0.15, 0.2) is 0 Å². The number of carbonyl (C=O) groups is 1. The largest absolute Gasteiger partial charge is 0.385 e. The molecule has 1 saturated carbocycles. The minimum absolute atomic E-state index is 0.0143. The number of nitrogens with one attached hydrogen (secondary N) is 1. The molecule has 5 heteroatoms. The third-order valence-electron chi connectivity index (χ3n) is 8.00. The minimum Gasteiger partial charge on any atom is -0.385 e. The Labute approximate surface area is 197 Å². The average molecular weight is 448 g/mol. The van der Waals surface area contributed by atoms with E-state index in [0.717, 1.165) is 69.4 Å². The second kappa shape index (κ2) is 9.11. The van der Waals surface area contributed by atoms with Crippen LogP contribution in [0.3, 0.4) is 0 Å². The smallest absolute Gasteiger partial charge is 0.230 e. The standard InChI is InChI=1S/C28H37N3O2/c1-20-19-31(21(2)18-29-20)26-8-4-3-7-22(26)17-23-13-16-30(27(23)32)25-11-9-24(10-12-25)28(33)14-5-6-15-28/h3-4,7-12,20-21,23,29,33H,5-6,13-19H2,1-2H3. The third-order valence-corrected chi connectivity index (χ3v) is 8.00. The van der Waals surface area contributed by atoms with E-state index in [1.54, 1.807) is 0 Å². The molecule has 5 nitrogen and oxygen atoms in total. The molecule has 3 fully saturated rings. The molecule has 0 bridgehead atoms. The lowest BCUT2D eigenvalue weighted by atomic mass is 9.92. The van der Waals surface area contributed by atoms with Crippen LogP contribution >= 0.6 is 0 Å². The van der Waals surface area contributed by atoms with Crippen LogP contribution in [0.1, 0.15) is 57.1 Å². The van der Waals surface area contributed by atoms with E-state index in [-0.39, 0.29) is 11.8 Å². The van der Waals surface area contributed by atoms with Gasteiger partial charge in [0.2, 0.25) is 5.91 Å². The number of hydrogen-bond donors (Lipinski definition) is 2. The van der Waals surface area contributed by atoms with Gasteiger partial charge in [-0.3, -0.25) is 4.79 Å². The molecule has 1 aliphatic carbocycles. The van der Waals surface area contributed by atoms with Crippen molar-refractivity contribution in [1.29, 1.82) is 0 Å². The second-order valence-electron chi connectivity index (χ2n) is 10.4. The Kier molecular flexibility index (Phi) is 6.19. The first-order valence-electron chi connectivity index (χ1n) is 12.7. The van der Waals surface area contributed by atoms with Crippen molar-refractivity contribution in [3.63, 3.8) is 0 Å². The molecule has 5 rings (SSSR count). The van der Waals surface area contributed by atoms with E-state index in [1.165, 1.54) is 11.3 Å². The van der Waals surface area contributed by atoms with Gasteiger partial charge in [0, 0.05) is 49.0 Å². The summed E-state index contributed by atoms with van der Waals surface area (Å²) in [6, 6.07) is 17.6. The first-order valence-corrected chi connectivity index (χ1v) is 12.7. The van der Waals surface area contributed by atoms with Gasteiger partial charge in [-0.25, -0.2) is 0 Å². The van der Waals surface area contributed by atoms with Gasteiger partial charge in [0.25, 0.3) is 0 Å². The van der Waals surface area contributed by atoms with Crippen LogP contribution in [0.25, 0.3) is 0 Å². The lowest BCUT2D eigenvalue weighted by Gasteiger charge is -2.40. The molecule has 2 aliphatic heterocycles. The van der Waals surface area contributed by atoms with Crippen molar-refractivity contribution in [3.05, 3.63) is 59.7 Å². The number of amides is 1. The molecule has 2 heterocycles. The fraction of sp³-hybridized carbons (Fsp3) is 0.536. The van der Waals surface area contributed by atoms with Crippen molar-refractivity contribution in [2.45, 2.75) is 70.1 Å². The molecular weight excluding hydrogens is 410 g/mol. The van der Waals surface area contributed by atoms with Gasteiger partial charge in [-0.15, -0.1) is 0 Å². The number of aliphatic hydroxyl groups is 1. The summed E-state index contributed by atoms with van der Waals surface area (Å²) in [4.78, 5) is 17.8. The zero-order valence-electron chi connectivity index (χ0n) is 20.0. The number of carbonyl (C=O) groups excluding carboxylic acids is 1. The van der Waals surface area contributed by atoms with Crippen LogP contribution in [0, 0.1) is 5.92 Å². The third kappa shape index (κ3) is 4.41. The Morgan fingerprint density at radius 1 is 1.06 bits per heavy atom. The van der Waals surface area contributed by atoms with Crippen molar-refractivity contribution >= 4 is 17.3 Å². The second-order valence-corrected chi connectivity index (χ2v) is 10.4. The number of piperazine rings is 1. The van der Waals surface area contributed by atoms with Crippen molar-refractivity contribution in [3.8, 4) is 0 Å². The Morgan fingerprint density at radius 3 is 2.55 bits per heavy atom. The Balaban J connectivity index is 1.30. The molecule has 0 spiro atoms. The number of para-hydroxylation sites is 1. The Hall–Kier alpha value is -2.37. The summed E-state index contributed by atoms with van der Waals surface area (Å²) in [7, 11) is 0.